The largest absolute Gasteiger partial charge is 0.478 e. The summed E-state index contributed by atoms with van der Waals surface area (Å²) in [6.45, 7) is 8.37. The van der Waals surface area contributed by atoms with Gasteiger partial charge in [-0.25, -0.2) is 18.6 Å². The third-order valence-electron chi connectivity index (χ3n) is 6.84. The van der Waals surface area contributed by atoms with Crippen molar-refractivity contribution in [3.8, 4) is 28.0 Å². The maximum atomic E-state index is 15.6. The van der Waals surface area contributed by atoms with Gasteiger partial charge in [0, 0.05) is 18.2 Å². The first-order valence-electron chi connectivity index (χ1n) is 14.0. The summed E-state index contributed by atoms with van der Waals surface area (Å²) in [6, 6.07) is 20.1. The highest BCUT2D eigenvalue weighted by Crippen LogP contribution is 2.38. The van der Waals surface area contributed by atoms with E-state index in [9.17, 15) is 9.90 Å². The minimum absolute atomic E-state index is 0.0331. The fraction of sp³-hybridized carbons (Fsp3) is 0.176. The Morgan fingerprint density at radius 1 is 1.02 bits per heavy atom. The molecule has 0 atom stereocenters. The van der Waals surface area contributed by atoms with Gasteiger partial charge in [-0.3, -0.25) is 9.98 Å². The summed E-state index contributed by atoms with van der Waals surface area (Å²) >= 11 is 0. The molecule has 45 heavy (non-hydrogen) atoms. The molecule has 0 bridgehead atoms. The molecular weight excluding hydrogens is 580 g/mol. The molecule has 0 aliphatic heterocycles. The van der Waals surface area contributed by atoms with Crippen molar-refractivity contribution in [3.05, 3.63) is 101 Å². The molecule has 0 aliphatic rings. The molecule has 0 heterocycles. The highest BCUT2D eigenvalue weighted by atomic mass is 19.1. The smallest absolute Gasteiger partial charge is 0.336 e. The molecule has 232 valence electrons. The molecule has 0 saturated heterocycles. The van der Waals surface area contributed by atoms with E-state index in [0.29, 0.717) is 36.7 Å². The van der Waals surface area contributed by atoms with Gasteiger partial charge in [-0.15, -0.1) is 0 Å². The number of aromatic carboxylic acids is 1. The molecule has 0 fully saturated rings. The summed E-state index contributed by atoms with van der Waals surface area (Å²) in [5, 5.41) is 12.1. The lowest BCUT2D eigenvalue weighted by Crippen LogP contribution is -2.11. The number of hydrogen-bond donors (Lipinski definition) is 3. The van der Waals surface area contributed by atoms with Crippen molar-refractivity contribution in [1.82, 2.24) is 0 Å². The topological polar surface area (TPSA) is 131 Å². The quantitative estimate of drug-likeness (QED) is 0.0654. The Kier molecular flexibility index (Phi) is 11.1. The Morgan fingerprint density at radius 2 is 1.69 bits per heavy atom. The summed E-state index contributed by atoms with van der Waals surface area (Å²) in [5.74, 6) is -2.01. The van der Waals surface area contributed by atoms with E-state index in [4.69, 9.17) is 15.2 Å². The van der Waals surface area contributed by atoms with Crippen LogP contribution in [0, 0.1) is 18.6 Å². The molecule has 9 nitrogen and oxygen atoms in total. The van der Waals surface area contributed by atoms with Crippen molar-refractivity contribution >= 4 is 36.2 Å². The van der Waals surface area contributed by atoms with E-state index in [-0.39, 0.29) is 35.0 Å². The fourth-order valence-corrected chi connectivity index (χ4v) is 4.56. The molecule has 0 radical (unpaired) electrons. The first-order valence-corrected chi connectivity index (χ1v) is 14.0. The average Bonchev–Trinajstić information content (AvgIpc) is 3.03. The van der Waals surface area contributed by atoms with Gasteiger partial charge in [-0.1, -0.05) is 54.6 Å². The number of benzene rings is 4. The van der Waals surface area contributed by atoms with Gasteiger partial charge in [-0.2, -0.15) is 0 Å². The highest BCUT2D eigenvalue weighted by Gasteiger charge is 2.20. The number of ether oxygens (including phenoxy) is 2. The summed E-state index contributed by atoms with van der Waals surface area (Å²) in [6.07, 6.45) is 1.19. The standard InChI is InChI=1S/C34H33F2N5O4/c1-4-44-16-15-39-33(40-19-37)25-12-8-23(9-13-25)22-6-10-24(11-7-22)30-28(35)18-29(32(38-3)31(30)36)41-20-45-26-14-5-21(2)27(17-26)34(42)43/h5-14,17-19,41H,3-4,15-16,20H2,1-2H3,(H,42,43)(H2,37,39,40). The second-order valence-corrected chi connectivity index (χ2v) is 9.68. The molecular formula is C34H33F2N5O4. The number of nitrogens with zero attached hydrogens (tertiary/aromatic N) is 3. The number of aliphatic imine (C=N–C) groups is 3. The third kappa shape index (κ3) is 7.95. The van der Waals surface area contributed by atoms with Gasteiger partial charge in [0.05, 0.1) is 36.3 Å². The van der Waals surface area contributed by atoms with Gasteiger partial charge in [0.15, 0.2) is 18.4 Å². The molecule has 4 aromatic carbocycles. The summed E-state index contributed by atoms with van der Waals surface area (Å²) in [5.41, 5.74) is 8.60. The van der Waals surface area contributed by atoms with Crippen molar-refractivity contribution in [2.24, 2.45) is 20.7 Å². The number of carbonyl (C=O) groups is 1. The first-order chi connectivity index (χ1) is 21.8. The van der Waals surface area contributed by atoms with Crippen LogP contribution in [0.1, 0.15) is 28.4 Å². The predicted octanol–water partition coefficient (Wildman–Crippen LogP) is 6.86. The van der Waals surface area contributed by atoms with Crippen LogP contribution in [0.5, 0.6) is 5.75 Å². The van der Waals surface area contributed by atoms with Gasteiger partial charge in [-0.05, 0) is 55.0 Å². The molecule has 0 aromatic heterocycles. The minimum Gasteiger partial charge on any atom is -0.478 e. The second-order valence-electron chi connectivity index (χ2n) is 9.68. The maximum Gasteiger partial charge on any atom is 0.336 e. The van der Waals surface area contributed by atoms with Crippen molar-refractivity contribution in [3.63, 3.8) is 0 Å². The van der Waals surface area contributed by atoms with E-state index in [0.717, 1.165) is 22.8 Å². The number of hydrogen-bond acceptors (Lipinski definition) is 6. The monoisotopic (exact) mass is 613 g/mol. The summed E-state index contributed by atoms with van der Waals surface area (Å²) < 4.78 is 41.8. The van der Waals surface area contributed by atoms with Gasteiger partial charge < -0.3 is 25.6 Å². The molecule has 4 aromatic rings. The number of carboxylic acid groups (broad SMARTS) is 1. The zero-order valence-corrected chi connectivity index (χ0v) is 24.9. The third-order valence-corrected chi connectivity index (χ3v) is 6.84. The molecule has 0 unspecified atom stereocenters. The molecule has 4 N–H and O–H groups in total. The van der Waals surface area contributed by atoms with Crippen molar-refractivity contribution in [1.29, 1.82) is 0 Å². The lowest BCUT2D eigenvalue weighted by Gasteiger charge is -2.15. The number of carboxylic acids is 1. The molecule has 11 heteroatoms. The first kappa shape index (κ1) is 32.5. The minimum atomic E-state index is -1.09. The van der Waals surface area contributed by atoms with Gasteiger partial charge in [0.2, 0.25) is 0 Å². The van der Waals surface area contributed by atoms with Crippen molar-refractivity contribution in [2.75, 3.05) is 31.8 Å². The second kappa shape index (κ2) is 15.3. The zero-order chi connectivity index (χ0) is 32.3. The Bertz CT molecular complexity index is 1720. The zero-order valence-electron chi connectivity index (χ0n) is 24.9. The van der Waals surface area contributed by atoms with Crippen LogP contribution in [0.4, 0.5) is 20.2 Å². The maximum absolute atomic E-state index is 15.6. The molecule has 4 rings (SSSR count). The highest BCUT2D eigenvalue weighted by molar-refractivity contribution is 6.03. The number of aryl methyl sites for hydroxylation is 1. The average molecular weight is 614 g/mol. The van der Waals surface area contributed by atoms with Crippen molar-refractivity contribution < 1.29 is 28.2 Å². The molecule has 0 saturated carbocycles. The Morgan fingerprint density at radius 3 is 2.31 bits per heavy atom. The van der Waals surface area contributed by atoms with Crippen LogP contribution in [-0.4, -0.2) is 56.5 Å². The number of nitrogens with two attached hydrogens (primary N) is 1. The molecule has 0 aliphatic carbocycles. The van der Waals surface area contributed by atoms with Crippen LogP contribution >= 0.6 is 0 Å². The predicted molar refractivity (Wildman–Crippen MR) is 174 cm³/mol. The van der Waals surface area contributed by atoms with Crippen LogP contribution in [0.15, 0.2) is 87.8 Å². The number of rotatable bonds is 13. The van der Waals surface area contributed by atoms with Gasteiger partial charge in [0.1, 0.15) is 17.3 Å². The van der Waals surface area contributed by atoms with Crippen molar-refractivity contribution in [2.45, 2.75) is 13.8 Å². The number of anilines is 1. The van der Waals surface area contributed by atoms with Crippen LogP contribution in [0.2, 0.25) is 0 Å². The van der Waals surface area contributed by atoms with E-state index < -0.39 is 17.6 Å². The Labute approximate surface area is 259 Å². The fourth-order valence-electron chi connectivity index (χ4n) is 4.56. The lowest BCUT2D eigenvalue weighted by atomic mass is 9.98. The summed E-state index contributed by atoms with van der Waals surface area (Å²) in [4.78, 5) is 23.8. The van der Waals surface area contributed by atoms with Gasteiger partial charge in [0.25, 0.3) is 0 Å². The van der Waals surface area contributed by atoms with E-state index in [1.807, 2.05) is 31.2 Å². The number of nitrogens with one attached hydrogen (secondary N) is 1. The lowest BCUT2D eigenvalue weighted by molar-refractivity contribution is 0.0695. The Balaban J connectivity index is 1.50. The number of halogens is 2. The summed E-state index contributed by atoms with van der Waals surface area (Å²) in [7, 11) is 0. The van der Waals surface area contributed by atoms with Crippen LogP contribution in [0.25, 0.3) is 22.3 Å². The van der Waals surface area contributed by atoms with E-state index in [1.165, 1.54) is 12.4 Å². The van der Waals surface area contributed by atoms with E-state index in [2.05, 4.69) is 27.0 Å². The van der Waals surface area contributed by atoms with Gasteiger partial charge >= 0.3 is 5.97 Å². The SMILES string of the molecule is C=Nc1c(NCOc2ccc(C)c(C(=O)O)c2)cc(F)c(-c2ccc(-c3ccc(C(N=CN)=NCCOCC)cc3)cc2)c1F. The van der Waals surface area contributed by atoms with Crippen LogP contribution in [0.3, 0.4) is 0 Å². The van der Waals surface area contributed by atoms with E-state index >= 15 is 8.78 Å². The normalized spacial score (nSPS) is 11.5. The Hall–Kier alpha value is -5.42. The van der Waals surface area contributed by atoms with Crippen LogP contribution < -0.4 is 15.8 Å². The molecule has 0 spiro atoms. The molecule has 0 amide bonds. The number of amidine groups is 1. The van der Waals surface area contributed by atoms with E-state index in [1.54, 1.807) is 43.3 Å². The van der Waals surface area contributed by atoms with Crippen LogP contribution in [-0.2, 0) is 4.74 Å².